The van der Waals surface area contributed by atoms with Crippen molar-refractivity contribution in [1.29, 1.82) is 0 Å². The van der Waals surface area contributed by atoms with Crippen LogP contribution in [0.1, 0.15) is 32.1 Å². The van der Waals surface area contributed by atoms with E-state index in [0.717, 1.165) is 17.9 Å². The van der Waals surface area contributed by atoms with E-state index in [4.69, 9.17) is 26.4 Å². The van der Waals surface area contributed by atoms with Gasteiger partial charge in [0.2, 0.25) is 0 Å². The zero-order valence-electron chi connectivity index (χ0n) is 11.2. The van der Waals surface area contributed by atoms with Crippen LogP contribution in [-0.2, 0) is 9.59 Å². The fraction of sp³-hybridized carbons (Fsp3) is 0.818. The first kappa shape index (κ1) is 18.7. The molecule has 1 aliphatic rings. The van der Waals surface area contributed by atoms with Crippen LogP contribution in [-0.4, -0.2) is 62.8 Å². The molecule has 2 atom stereocenters. The van der Waals surface area contributed by atoms with Crippen LogP contribution in [0.5, 0.6) is 0 Å². The van der Waals surface area contributed by atoms with E-state index in [2.05, 4.69) is 0 Å². The van der Waals surface area contributed by atoms with Crippen LogP contribution in [0.3, 0.4) is 0 Å². The summed E-state index contributed by atoms with van der Waals surface area (Å²) in [5.41, 5.74) is 6.92. The second-order valence-corrected chi connectivity index (χ2v) is 4.46. The van der Waals surface area contributed by atoms with Gasteiger partial charge < -0.3 is 26.4 Å². The van der Waals surface area contributed by atoms with Gasteiger partial charge in [0.15, 0.2) is 0 Å². The maximum Gasteiger partial charge on any atom is 0.323 e. The quantitative estimate of drug-likeness (QED) is 0.268. The maximum absolute atomic E-state index is 10.3. The first-order chi connectivity index (χ1) is 9.43. The van der Waals surface area contributed by atoms with Gasteiger partial charge in [0.1, 0.15) is 12.1 Å². The Hall–Kier alpha value is -1.26. The Labute approximate surface area is 116 Å². The van der Waals surface area contributed by atoms with Crippen molar-refractivity contribution in [2.75, 3.05) is 13.1 Å². The van der Waals surface area contributed by atoms with Gasteiger partial charge in [-0.1, -0.05) is 0 Å². The number of carboxylic acid groups (broad SMARTS) is 2. The molecule has 0 saturated carbocycles. The Morgan fingerprint density at radius 3 is 2.30 bits per heavy atom. The minimum absolute atomic E-state index is 0.406. The molecular formula is C11H23N3O6. The molecule has 0 amide bonds. The van der Waals surface area contributed by atoms with E-state index < -0.39 is 24.0 Å². The molecule has 0 aromatic carbocycles. The van der Waals surface area contributed by atoms with E-state index in [-0.39, 0.29) is 0 Å². The molecule has 1 aliphatic heterocycles. The minimum atomic E-state index is -1.04. The predicted octanol–water partition coefficient (Wildman–Crippen LogP) is -0.528. The summed E-state index contributed by atoms with van der Waals surface area (Å²) in [7, 11) is 0. The Bertz CT molecular complexity index is 302. The number of nitrogens with two attached hydrogens (primary N) is 1. The second-order valence-electron chi connectivity index (χ2n) is 4.46. The zero-order chi connectivity index (χ0) is 15.5. The minimum Gasteiger partial charge on any atom is -0.480 e. The summed E-state index contributed by atoms with van der Waals surface area (Å²) in [4.78, 5) is 20.5. The van der Waals surface area contributed by atoms with Crippen LogP contribution in [0.15, 0.2) is 0 Å². The topological polar surface area (TPSA) is 156 Å². The number of hydrogen-bond acceptors (Lipinski definition) is 7. The largest absolute Gasteiger partial charge is 0.480 e. The van der Waals surface area contributed by atoms with Gasteiger partial charge in [0.25, 0.3) is 0 Å². The van der Waals surface area contributed by atoms with Gasteiger partial charge in [0.05, 0.1) is 0 Å². The average Bonchev–Trinajstić information content (AvgIpc) is 2.81. The lowest BCUT2D eigenvalue weighted by atomic mass is 10.1. The average molecular weight is 293 g/mol. The van der Waals surface area contributed by atoms with Crippen molar-refractivity contribution >= 4 is 11.9 Å². The van der Waals surface area contributed by atoms with Crippen LogP contribution < -0.4 is 11.2 Å². The third-order valence-corrected chi connectivity index (χ3v) is 2.91. The smallest absolute Gasteiger partial charge is 0.323 e. The Morgan fingerprint density at radius 1 is 1.35 bits per heavy atom. The molecule has 2 unspecified atom stereocenters. The van der Waals surface area contributed by atoms with E-state index in [1.54, 1.807) is 5.48 Å². The van der Waals surface area contributed by atoms with Gasteiger partial charge in [-0.25, -0.2) is 0 Å². The molecule has 1 rings (SSSR count). The second kappa shape index (κ2) is 10.5. The first-order valence-electron chi connectivity index (χ1n) is 6.44. The van der Waals surface area contributed by atoms with Gasteiger partial charge in [-0.05, 0) is 38.6 Å². The van der Waals surface area contributed by atoms with Crippen LogP contribution in [0.25, 0.3) is 0 Å². The molecule has 20 heavy (non-hydrogen) atoms. The summed E-state index contributed by atoms with van der Waals surface area (Å²) in [5.74, 6) is -1.97. The van der Waals surface area contributed by atoms with Crippen molar-refractivity contribution < 1.29 is 30.2 Å². The number of hydroxylamine groups is 3. The fourth-order valence-electron chi connectivity index (χ4n) is 1.74. The molecule has 0 aromatic rings. The molecule has 1 heterocycles. The molecule has 0 aromatic heterocycles. The number of unbranched alkanes of at least 4 members (excludes halogenated alkanes) is 1. The third-order valence-electron chi connectivity index (χ3n) is 2.91. The number of carboxylic acids is 2. The van der Waals surface area contributed by atoms with Crippen LogP contribution in [0, 0.1) is 0 Å². The van der Waals surface area contributed by atoms with E-state index >= 15 is 0 Å². The van der Waals surface area contributed by atoms with Crippen LogP contribution >= 0.6 is 0 Å². The lowest BCUT2D eigenvalue weighted by molar-refractivity contribution is -0.161. The van der Waals surface area contributed by atoms with Gasteiger partial charge >= 0.3 is 11.9 Å². The van der Waals surface area contributed by atoms with Gasteiger partial charge in [-0.3, -0.25) is 9.59 Å². The lowest BCUT2D eigenvalue weighted by Gasteiger charge is -2.11. The predicted molar refractivity (Wildman–Crippen MR) is 68.4 cm³/mol. The van der Waals surface area contributed by atoms with Crippen molar-refractivity contribution in [3.05, 3.63) is 0 Å². The highest BCUT2D eigenvalue weighted by atomic mass is 16.5. The van der Waals surface area contributed by atoms with Gasteiger partial charge in [-0.2, -0.15) is 10.5 Å². The van der Waals surface area contributed by atoms with Gasteiger partial charge in [-0.15, -0.1) is 0 Å². The number of hydrogen-bond donors (Lipinski definition) is 6. The molecule has 9 nitrogen and oxygen atoms in total. The number of rotatable bonds is 7. The van der Waals surface area contributed by atoms with Crippen molar-refractivity contribution in [2.45, 2.75) is 44.2 Å². The van der Waals surface area contributed by atoms with E-state index in [1.165, 1.54) is 0 Å². The highest BCUT2D eigenvalue weighted by Gasteiger charge is 2.28. The molecule has 0 radical (unpaired) electrons. The SMILES string of the molecule is NCCCCC(NO)C(=O)O.O=C(O)C1CCCN1O. The summed E-state index contributed by atoms with van der Waals surface area (Å²) in [6.45, 7) is 1.04. The standard InChI is InChI=1S/C6H14N2O3.C5H9NO3/c7-4-2-1-3-5(8-11)6(9)10;7-5(8)4-2-1-3-6(4)9/h5,8,11H,1-4,7H2,(H,9,10);4,9H,1-3H2,(H,7,8). The highest BCUT2D eigenvalue weighted by Crippen LogP contribution is 2.13. The third kappa shape index (κ3) is 7.36. The number of aliphatic carboxylic acids is 2. The van der Waals surface area contributed by atoms with Crippen molar-refractivity contribution in [1.82, 2.24) is 10.5 Å². The van der Waals surface area contributed by atoms with Crippen molar-refractivity contribution in [3.63, 3.8) is 0 Å². The maximum atomic E-state index is 10.3. The monoisotopic (exact) mass is 293 g/mol. The Balaban J connectivity index is 0.000000367. The Kier molecular flexibility index (Phi) is 9.86. The summed E-state index contributed by atoms with van der Waals surface area (Å²) in [5, 5.41) is 34.8. The summed E-state index contributed by atoms with van der Waals surface area (Å²) >= 11 is 0. The molecule has 7 N–H and O–H groups in total. The summed E-state index contributed by atoms with van der Waals surface area (Å²) in [6, 6.07) is -1.52. The molecule has 118 valence electrons. The summed E-state index contributed by atoms with van der Waals surface area (Å²) < 4.78 is 0. The summed E-state index contributed by atoms with van der Waals surface area (Å²) in [6.07, 6.45) is 3.23. The molecule has 0 bridgehead atoms. The molecule has 1 saturated heterocycles. The zero-order valence-corrected chi connectivity index (χ0v) is 11.2. The molecule has 0 spiro atoms. The van der Waals surface area contributed by atoms with Crippen molar-refractivity contribution in [2.24, 2.45) is 5.73 Å². The van der Waals surface area contributed by atoms with Gasteiger partial charge in [0, 0.05) is 6.54 Å². The van der Waals surface area contributed by atoms with E-state index in [0.29, 0.717) is 32.4 Å². The number of carbonyl (C=O) groups is 2. The lowest BCUT2D eigenvalue weighted by Crippen LogP contribution is -2.34. The van der Waals surface area contributed by atoms with Crippen molar-refractivity contribution in [3.8, 4) is 0 Å². The molecule has 1 fully saturated rings. The molecular weight excluding hydrogens is 270 g/mol. The first-order valence-corrected chi connectivity index (χ1v) is 6.44. The fourth-order valence-corrected chi connectivity index (χ4v) is 1.74. The Morgan fingerprint density at radius 2 is 2.00 bits per heavy atom. The van der Waals surface area contributed by atoms with E-state index in [9.17, 15) is 9.59 Å². The van der Waals surface area contributed by atoms with E-state index in [1.807, 2.05) is 0 Å². The highest BCUT2D eigenvalue weighted by molar-refractivity contribution is 5.73. The van der Waals surface area contributed by atoms with Crippen LogP contribution in [0.2, 0.25) is 0 Å². The number of nitrogens with one attached hydrogen (secondary N) is 1. The normalized spacial score (nSPS) is 20.1. The number of nitrogens with zero attached hydrogens (tertiary/aromatic N) is 1. The molecule has 9 heteroatoms. The molecule has 0 aliphatic carbocycles. The van der Waals surface area contributed by atoms with Crippen LogP contribution in [0.4, 0.5) is 0 Å².